The highest BCUT2D eigenvalue weighted by molar-refractivity contribution is 5.47. The van der Waals surface area contributed by atoms with Gasteiger partial charge in [-0.3, -0.25) is 15.1 Å². The van der Waals surface area contributed by atoms with Crippen molar-refractivity contribution >= 4 is 5.69 Å². The standard InChI is InChI=1S/C13H21N3O3/c1-8(2)12(17)7-14-6-11-10(4)13(16(18)19)9(3)5-15-11/h5,8,12,14,17H,6-7H2,1-4H3. The first-order valence-electron chi connectivity index (χ1n) is 6.32. The van der Waals surface area contributed by atoms with Gasteiger partial charge >= 0.3 is 0 Å². The van der Waals surface area contributed by atoms with Gasteiger partial charge in [-0.05, 0) is 19.8 Å². The first-order valence-corrected chi connectivity index (χ1v) is 6.32. The Bertz CT molecular complexity index is 461. The molecule has 6 heteroatoms. The molecule has 0 spiro atoms. The molecule has 0 radical (unpaired) electrons. The molecule has 1 heterocycles. The van der Waals surface area contributed by atoms with Crippen molar-refractivity contribution in [2.24, 2.45) is 5.92 Å². The molecule has 0 bridgehead atoms. The molecule has 0 amide bonds. The SMILES string of the molecule is Cc1cnc(CNCC(O)C(C)C)c(C)c1[N+](=O)[O-]. The van der Waals surface area contributed by atoms with Gasteiger partial charge in [-0.15, -0.1) is 0 Å². The lowest BCUT2D eigenvalue weighted by Crippen LogP contribution is -2.30. The Morgan fingerprint density at radius 3 is 2.63 bits per heavy atom. The number of aliphatic hydroxyl groups is 1. The number of nitrogens with zero attached hydrogens (tertiary/aromatic N) is 2. The predicted molar refractivity (Wildman–Crippen MR) is 72.9 cm³/mol. The molecule has 1 atom stereocenters. The predicted octanol–water partition coefficient (Wildman–Crippen LogP) is 1.71. The number of aromatic nitrogens is 1. The summed E-state index contributed by atoms with van der Waals surface area (Å²) in [6.07, 6.45) is 1.09. The van der Waals surface area contributed by atoms with E-state index in [0.717, 1.165) is 0 Å². The van der Waals surface area contributed by atoms with E-state index < -0.39 is 6.10 Å². The van der Waals surface area contributed by atoms with Crippen LogP contribution in [0.15, 0.2) is 6.20 Å². The first kappa shape index (κ1) is 15.5. The van der Waals surface area contributed by atoms with Crippen molar-refractivity contribution in [1.82, 2.24) is 10.3 Å². The van der Waals surface area contributed by atoms with Crippen molar-refractivity contribution in [3.05, 3.63) is 33.1 Å². The van der Waals surface area contributed by atoms with Gasteiger partial charge in [0.2, 0.25) is 0 Å². The fourth-order valence-electron chi connectivity index (χ4n) is 1.80. The highest BCUT2D eigenvalue weighted by Gasteiger charge is 2.18. The van der Waals surface area contributed by atoms with Gasteiger partial charge in [0.1, 0.15) is 0 Å². The van der Waals surface area contributed by atoms with E-state index in [-0.39, 0.29) is 16.5 Å². The number of nitrogens with one attached hydrogen (secondary N) is 1. The third kappa shape index (κ3) is 3.97. The van der Waals surface area contributed by atoms with Crippen LogP contribution in [0.2, 0.25) is 0 Å². The van der Waals surface area contributed by atoms with E-state index in [0.29, 0.717) is 29.9 Å². The van der Waals surface area contributed by atoms with Crippen LogP contribution in [-0.4, -0.2) is 27.7 Å². The average Bonchev–Trinajstić information content (AvgIpc) is 2.31. The summed E-state index contributed by atoms with van der Waals surface area (Å²) in [5.41, 5.74) is 1.91. The maximum absolute atomic E-state index is 11.0. The van der Waals surface area contributed by atoms with E-state index in [9.17, 15) is 15.2 Å². The number of hydrogen-bond acceptors (Lipinski definition) is 5. The maximum Gasteiger partial charge on any atom is 0.278 e. The number of nitro groups is 1. The maximum atomic E-state index is 11.0. The van der Waals surface area contributed by atoms with E-state index >= 15 is 0 Å². The number of rotatable bonds is 6. The summed E-state index contributed by atoms with van der Waals surface area (Å²) in [5, 5.41) is 23.7. The van der Waals surface area contributed by atoms with E-state index in [2.05, 4.69) is 10.3 Å². The summed E-state index contributed by atoms with van der Waals surface area (Å²) in [6, 6.07) is 0. The molecule has 0 saturated carbocycles. The van der Waals surface area contributed by atoms with Crippen molar-refractivity contribution < 1.29 is 10.0 Å². The fourth-order valence-corrected chi connectivity index (χ4v) is 1.80. The summed E-state index contributed by atoms with van der Waals surface area (Å²) < 4.78 is 0. The van der Waals surface area contributed by atoms with Crippen molar-refractivity contribution in [1.29, 1.82) is 0 Å². The normalized spacial score (nSPS) is 12.7. The average molecular weight is 267 g/mol. The number of aliphatic hydroxyl groups excluding tert-OH is 1. The summed E-state index contributed by atoms with van der Waals surface area (Å²) in [4.78, 5) is 14.8. The van der Waals surface area contributed by atoms with Crippen LogP contribution in [0.3, 0.4) is 0 Å². The van der Waals surface area contributed by atoms with Gasteiger partial charge in [0, 0.05) is 30.4 Å². The van der Waals surface area contributed by atoms with E-state index in [1.54, 1.807) is 13.8 Å². The summed E-state index contributed by atoms with van der Waals surface area (Å²) in [6.45, 7) is 8.11. The van der Waals surface area contributed by atoms with Crippen LogP contribution in [0, 0.1) is 29.9 Å². The van der Waals surface area contributed by atoms with Gasteiger partial charge in [-0.1, -0.05) is 13.8 Å². The molecule has 2 N–H and O–H groups in total. The molecule has 0 fully saturated rings. The molecule has 0 aliphatic heterocycles. The molecule has 0 saturated heterocycles. The van der Waals surface area contributed by atoms with Gasteiger partial charge in [-0.2, -0.15) is 0 Å². The van der Waals surface area contributed by atoms with E-state index in [1.165, 1.54) is 6.20 Å². The van der Waals surface area contributed by atoms with Crippen LogP contribution in [0.5, 0.6) is 0 Å². The molecule has 0 aromatic carbocycles. The minimum absolute atomic E-state index is 0.121. The second-order valence-corrected chi connectivity index (χ2v) is 5.06. The summed E-state index contributed by atoms with van der Waals surface area (Å²) in [7, 11) is 0. The fraction of sp³-hybridized carbons (Fsp3) is 0.615. The second kappa shape index (κ2) is 6.58. The molecule has 1 rings (SSSR count). The Balaban J connectivity index is 2.75. The highest BCUT2D eigenvalue weighted by atomic mass is 16.6. The zero-order chi connectivity index (χ0) is 14.6. The third-order valence-corrected chi connectivity index (χ3v) is 3.17. The van der Waals surface area contributed by atoms with E-state index in [1.807, 2.05) is 13.8 Å². The van der Waals surface area contributed by atoms with Gasteiger partial charge in [0.25, 0.3) is 5.69 Å². The topological polar surface area (TPSA) is 88.3 Å². The Morgan fingerprint density at radius 1 is 1.47 bits per heavy atom. The number of hydrogen-bond donors (Lipinski definition) is 2. The molecule has 1 unspecified atom stereocenters. The van der Waals surface area contributed by atoms with Crippen LogP contribution in [0.1, 0.15) is 30.7 Å². The van der Waals surface area contributed by atoms with Crippen LogP contribution in [-0.2, 0) is 6.54 Å². The van der Waals surface area contributed by atoms with Gasteiger partial charge in [0.05, 0.1) is 16.7 Å². The first-order chi connectivity index (χ1) is 8.84. The van der Waals surface area contributed by atoms with Gasteiger partial charge in [-0.25, -0.2) is 0 Å². The lowest BCUT2D eigenvalue weighted by atomic mass is 10.1. The number of pyridine rings is 1. The lowest BCUT2D eigenvalue weighted by Gasteiger charge is -2.15. The molecule has 19 heavy (non-hydrogen) atoms. The Hall–Kier alpha value is -1.53. The van der Waals surface area contributed by atoms with E-state index in [4.69, 9.17) is 0 Å². The molecule has 0 aliphatic carbocycles. The monoisotopic (exact) mass is 267 g/mol. The van der Waals surface area contributed by atoms with Crippen LogP contribution in [0.25, 0.3) is 0 Å². The smallest absolute Gasteiger partial charge is 0.278 e. The molecule has 6 nitrogen and oxygen atoms in total. The number of aryl methyl sites for hydroxylation is 1. The molecule has 0 aliphatic rings. The zero-order valence-electron chi connectivity index (χ0n) is 11.8. The molecule has 1 aromatic heterocycles. The molecule has 1 aromatic rings. The van der Waals surface area contributed by atoms with Crippen molar-refractivity contribution in [2.75, 3.05) is 6.54 Å². The summed E-state index contributed by atoms with van der Waals surface area (Å²) >= 11 is 0. The molecule has 106 valence electrons. The molecular formula is C13H21N3O3. The van der Waals surface area contributed by atoms with Crippen molar-refractivity contribution in [2.45, 2.75) is 40.3 Å². The highest BCUT2D eigenvalue weighted by Crippen LogP contribution is 2.23. The Kier molecular flexibility index (Phi) is 5.38. The lowest BCUT2D eigenvalue weighted by molar-refractivity contribution is -0.386. The van der Waals surface area contributed by atoms with Gasteiger partial charge in [0.15, 0.2) is 0 Å². The van der Waals surface area contributed by atoms with Crippen LogP contribution < -0.4 is 5.32 Å². The minimum atomic E-state index is -0.430. The quantitative estimate of drug-likeness (QED) is 0.605. The van der Waals surface area contributed by atoms with Crippen molar-refractivity contribution in [3.63, 3.8) is 0 Å². The largest absolute Gasteiger partial charge is 0.392 e. The summed E-state index contributed by atoms with van der Waals surface area (Å²) in [5.74, 6) is 0.175. The second-order valence-electron chi connectivity index (χ2n) is 5.06. The Morgan fingerprint density at radius 2 is 2.11 bits per heavy atom. The minimum Gasteiger partial charge on any atom is -0.392 e. The Labute approximate surface area is 113 Å². The van der Waals surface area contributed by atoms with Crippen LogP contribution in [0.4, 0.5) is 5.69 Å². The van der Waals surface area contributed by atoms with Gasteiger partial charge < -0.3 is 10.4 Å². The van der Waals surface area contributed by atoms with Crippen LogP contribution >= 0.6 is 0 Å². The van der Waals surface area contributed by atoms with Crippen molar-refractivity contribution in [3.8, 4) is 0 Å². The molecular weight excluding hydrogens is 246 g/mol. The zero-order valence-corrected chi connectivity index (χ0v) is 11.8. The third-order valence-electron chi connectivity index (χ3n) is 3.17.